The van der Waals surface area contributed by atoms with Gasteiger partial charge in [-0.1, -0.05) is 12.5 Å². The lowest BCUT2D eigenvalue weighted by Gasteiger charge is -2.09. The van der Waals surface area contributed by atoms with E-state index < -0.39 is 0 Å². The molecular formula is C15H22BrNO2. The number of halogens is 1. The summed E-state index contributed by atoms with van der Waals surface area (Å²) in [5.74, 6) is -0.0862. The van der Waals surface area contributed by atoms with Crippen molar-refractivity contribution in [3.63, 3.8) is 0 Å². The number of benzene rings is 1. The molecule has 0 aliphatic carbocycles. The van der Waals surface area contributed by atoms with Gasteiger partial charge in [0, 0.05) is 23.1 Å². The van der Waals surface area contributed by atoms with E-state index in [9.17, 15) is 4.79 Å². The number of carbonyl (C=O) groups is 1. The van der Waals surface area contributed by atoms with E-state index in [-0.39, 0.29) is 5.97 Å². The number of hydrogen-bond donors (Lipinski definition) is 1. The van der Waals surface area contributed by atoms with E-state index in [0.29, 0.717) is 13.0 Å². The zero-order valence-corrected chi connectivity index (χ0v) is 13.3. The van der Waals surface area contributed by atoms with E-state index in [1.165, 1.54) is 5.56 Å². The molecule has 0 bridgehead atoms. The third-order valence-electron chi connectivity index (χ3n) is 2.80. The SMILES string of the molecule is CCOC(=O)CCCCCNc1cc(C)ccc1Br. The van der Waals surface area contributed by atoms with Gasteiger partial charge in [0.05, 0.1) is 6.61 Å². The van der Waals surface area contributed by atoms with E-state index in [4.69, 9.17) is 4.74 Å². The smallest absolute Gasteiger partial charge is 0.305 e. The minimum atomic E-state index is -0.0862. The Hall–Kier alpha value is -1.03. The normalized spacial score (nSPS) is 10.3. The summed E-state index contributed by atoms with van der Waals surface area (Å²) < 4.78 is 5.97. The molecule has 0 heterocycles. The summed E-state index contributed by atoms with van der Waals surface area (Å²) in [4.78, 5) is 11.1. The lowest BCUT2D eigenvalue weighted by Crippen LogP contribution is -2.05. The minimum Gasteiger partial charge on any atom is -0.466 e. The van der Waals surface area contributed by atoms with Gasteiger partial charge in [-0.3, -0.25) is 4.79 Å². The van der Waals surface area contributed by atoms with Crippen molar-refractivity contribution in [2.24, 2.45) is 0 Å². The van der Waals surface area contributed by atoms with Crippen molar-refractivity contribution in [2.45, 2.75) is 39.5 Å². The first-order valence-electron chi connectivity index (χ1n) is 6.79. The van der Waals surface area contributed by atoms with E-state index in [0.717, 1.165) is 36.0 Å². The molecule has 0 saturated heterocycles. The number of rotatable bonds is 8. The predicted octanol–water partition coefficient (Wildman–Crippen LogP) is 4.29. The second-order valence-electron chi connectivity index (χ2n) is 4.53. The Morgan fingerprint density at radius 3 is 2.84 bits per heavy atom. The van der Waals surface area contributed by atoms with Crippen LogP contribution in [0.3, 0.4) is 0 Å². The Morgan fingerprint density at radius 2 is 2.11 bits per heavy atom. The molecule has 0 aliphatic heterocycles. The summed E-state index contributed by atoms with van der Waals surface area (Å²) in [7, 11) is 0. The first-order chi connectivity index (χ1) is 9.13. The van der Waals surface area contributed by atoms with Crippen LogP contribution in [0, 0.1) is 6.92 Å². The van der Waals surface area contributed by atoms with Gasteiger partial charge in [-0.25, -0.2) is 0 Å². The average Bonchev–Trinajstić information content (AvgIpc) is 2.38. The molecule has 106 valence electrons. The summed E-state index contributed by atoms with van der Waals surface area (Å²) >= 11 is 3.53. The molecule has 0 aliphatic rings. The number of esters is 1. The zero-order valence-electron chi connectivity index (χ0n) is 11.7. The molecule has 0 atom stereocenters. The fourth-order valence-corrected chi connectivity index (χ4v) is 2.19. The van der Waals surface area contributed by atoms with E-state index >= 15 is 0 Å². The van der Waals surface area contributed by atoms with Gasteiger partial charge in [0.2, 0.25) is 0 Å². The van der Waals surface area contributed by atoms with E-state index in [1.807, 2.05) is 6.92 Å². The van der Waals surface area contributed by atoms with Crippen LogP contribution in [0.15, 0.2) is 22.7 Å². The van der Waals surface area contributed by atoms with Crippen LogP contribution in [0.5, 0.6) is 0 Å². The molecule has 0 saturated carbocycles. The number of nitrogens with one attached hydrogen (secondary N) is 1. The van der Waals surface area contributed by atoms with Crippen LogP contribution in [0.25, 0.3) is 0 Å². The van der Waals surface area contributed by atoms with Crippen LogP contribution < -0.4 is 5.32 Å². The third-order valence-corrected chi connectivity index (χ3v) is 3.49. The highest BCUT2D eigenvalue weighted by molar-refractivity contribution is 9.10. The van der Waals surface area contributed by atoms with Crippen LogP contribution >= 0.6 is 15.9 Å². The van der Waals surface area contributed by atoms with Gasteiger partial charge >= 0.3 is 5.97 Å². The van der Waals surface area contributed by atoms with Crippen molar-refractivity contribution in [2.75, 3.05) is 18.5 Å². The maximum Gasteiger partial charge on any atom is 0.305 e. The van der Waals surface area contributed by atoms with Crippen molar-refractivity contribution in [1.82, 2.24) is 0 Å². The molecule has 3 nitrogen and oxygen atoms in total. The maximum atomic E-state index is 11.1. The topological polar surface area (TPSA) is 38.3 Å². The largest absolute Gasteiger partial charge is 0.466 e. The lowest BCUT2D eigenvalue weighted by atomic mass is 10.2. The van der Waals surface area contributed by atoms with E-state index in [1.54, 1.807) is 0 Å². The molecule has 1 aromatic carbocycles. The number of unbranched alkanes of at least 4 members (excludes halogenated alkanes) is 2. The highest BCUT2D eigenvalue weighted by atomic mass is 79.9. The fraction of sp³-hybridized carbons (Fsp3) is 0.533. The van der Waals surface area contributed by atoms with Crippen molar-refractivity contribution in [1.29, 1.82) is 0 Å². The second kappa shape index (κ2) is 8.97. The molecule has 1 rings (SSSR count). The molecule has 0 amide bonds. The van der Waals surface area contributed by atoms with Gasteiger partial charge in [0.1, 0.15) is 0 Å². The van der Waals surface area contributed by atoms with E-state index in [2.05, 4.69) is 46.4 Å². The Labute approximate surface area is 123 Å². The quantitative estimate of drug-likeness (QED) is 0.571. The van der Waals surface area contributed by atoms with Crippen molar-refractivity contribution < 1.29 is 9.53 Å². The highest BCUT2D eigenvalue weighted by Gasteiger charge is 2.01. The number of anilines is 1. The monoisotopic (exact) mass is 327 g/mol. The third kappa shape index (κ3) is 6.62. The number of ether oxygens (including phenoxy) is 1. The molecule has 0 spiro atoms. The van der Waals surface area contributed by atoms with Crippen LogP contribution in [0.1, 0.15) is 38.2 Å². The van der Waals surface area contributed by atoms with Gasteiger partial charge in [-0.2, -0.15) is 0 Å². The molecule has 1 N–H and O–H groups in total. The van der Waals surface area contributed by atoms with Gasteiger partial charge < -0.3 is 10.1 Å². The van der Waals surface area contributed by atoms with Crippen molar-refractivity contribution >= 4 is 27.6 Å². The van der Waals surface area contributed by atoms with Gasteiger partial charge in [-0.15, -0.1) is 0 Å². The summed E-state index contributed by atoms with van der Waals surface area (Å²) in [5.41, 5.74) is 2.37. The minimum absolute atomic E-state index is 0.0862. The summed E-state index contributed by atoms with van der Waals surface area (Å²) in [6.45, 7) is 5.31. The summed E-state index contributed by atoms with van der Waals surface area (Å²) in [6, 6.07) is 6.26. The standard InChI is InChI=1S/C15H22BrNO2/c1-3-19-15(18)7-5-4-6-10-17-14-11-12(2)8-9-13(14)16/h8-9,11,17H,3-7,10H2,1-2H3. The maximum absolute atomic E-state index is 11.1. The Balaban J connectivity index is 2.14. The fourth-order valence-electron chi connectivity index (χ4n) is 1.80. The number of aryl methyl sites for hydroxylation is 1. The zero-order chi connectivity index (χ0) is 14.1. The molecule has 1 aromatic rings. The Kier molecular flexibility index (Phi) is 7.56. The number of carbonyl (C=O) groups excluding carboxylic acids is 1. The highest BCUT2D eigenvalue weighted by Crippen LogP contribution is 2.23. The summed E-state index contributed by atoms with van der Waals surface area (Å²) in [5, 5.41) is 3.40. The predicted molar refractivity (Wildman–Crippen MR) is 82.5 cm³/mol. The van der Waals surface area contributed by atoms with Crippen LogP contribution in [-0.4, -0.2) is 19.1 Å². The molecule has 4 heteroatoms. The van der Waals surface area contributed by atoms with Crippen LogP contribution in [0.4, 0.5) is 5.69 Å². The molecule has 0 unspecified atom stereocenters. The molecule has 0 fully saturated rings. The van der Waals surface area contributed by atoms with Gasteiger partial charge in [0.25, 0.3) is 0 Å². The first-order valence-corrected chi connectivity index (χ1v) is 7.58. The Morgan fingerprint density at radius 1 is 1.32 bits per heavy atom. The van der Waals surface area contributed by atoms with Crippen LogP contribution in [0.2, 0.25) is 0 Å². The average molecular weight is 328 g/mol. The first kappa shape index (κ1) is 16.0. The van der Waals surface area contributed by atoms with Gasteiger partial charge in [0.15, 0.2) is 0 Å². The molecule has 0 aromatic heterocycles. The lowest BCUT2D eigenvalue weighted by molar-refractivity contribution is -0.143. The Bertz CT molecular complexity index is 407. The second-order valence-corrected chi connectivity index (χ2v) is 5.38. The van der Waals surface area contributed by atoms with Crippen LogP contribution in [-0.2, 0) is 9.53 Å². The molecule has 19 heavy (non-hydrogen) atoms. The van der Waals surface area contributed by atoms with Crippen molar-refractivity contribution in [3.8, 4) is 0 Å². The van der Waals surface area contributed by atoms with Crippen molar-refractivity contribution in [3.05, 3.63) is 28.2 Å². The van der Waals surface area contributed by atoms with Gasteiger partial charge in [-0.05, 0) is 60.3 Å². The summed E-state index contributed by atoms with van der Waals surface area (Å²) in [6.07, 6.45) is 3.52. The molecular weight excluding hydrogens is 306 g/mol. The number of hydrogen-bond acceptors (Lipinski definition) is 3. The molecule has 0 radical (unpaired) electrons.